The Morgan fingerprint density at radius 3 is 2.58 bits per heavy atom. The summed E-state index contributed by atoms with van der Waals surface area (Å²) in [7, 11) is 0. The first-order chi connectivity index (χ1) is 12.6. The number of hydrogen-bond acceptors (Lipinski definition) is 4. The highest BCUT2D eigenvalue weighted by molar-refractivity contribution is 5.97. The fourth-order valence-electron chi connectivity index (χ4n) is 3.30. The first kappa shape index (κ1) is 18.2. The van der Waals surface area contributed by atoms with Gasteiger partial charge in [-0.25, -0.2) is 0 Å². The quantitative estimate of drug-likeness (QED) is 0.799. The maximum Gasteiger partial charge on any atom is 0.251 e. The second kappa shape index (κ2) is 8.67. The fraction of sp³-hybridized carbons (Fsp3) is 0.400. The van der Waals surface area contributed by atoms with Gasteiger partial charge in [0.05, 0.1) is 18.8 Å². The molecule has 2 heterocycles. The van der Waals surface area contributed by atoms with E-state index in [9.17, 15) is 9.59 Å². The SMILES string of the molecule is Cc1ccccc1C(=O)NCC(=O)NCC(c1ccco1)N1CCCC1. The van der Waals surface area contributed by atoms with E-state index in [-0.39, 0.29) is 24.4 Å². The highest BCUT2D eigenvalue weighted by Crippen LogP contribution is 2.24. The van der Waals surface area contributed by atoms with Crippen molar-refractivity contribution in [3.8, 4) is 0 Å². The molecule has 6 nitrogen and oxygen atoms in total. The highest BCUT2D eigenvalue weighted by Gasteiger charge is 2.25. The van der Waals surface area contributed by atoms with E-state index in [0.717, 1.165) is 37.3 Å². The third kappa shape index (κ3) is 4.52. The molecule has 1 aromatic heterocycles. The van der Waals surface area contributed by atoms with E-state index in [0.29, 0.717) is 12.1 Å². The highest BCUT2D eigenvalue weighted by atomic mass is 16.3. The zero-order valence-corrected chi connectivity index (χ0v) is 15.0. The van der Waals surface area contributed by atoms with Crippen LogP contribution in [-0.2, 0) is 4.79 Å². The Morgan fingerprint density at radius 1 is 1.12 bits per heavy atom. The van der Waals surface area contributed by atoms with Gasteiger partial charge in [-0.1, -0.05) is 18.2 Å². The van der Waals surface area contributed by atoms with E-state index in [1.807, 2.05) is 37.3 Å². The Balaban J connectivity index is 1.51. The smallest absolute Gasteiger partial charge is 0.251 e. The van der Waals surface area contributed by atoms with Gasteiger partial charge in [0.25, 0.3) is 5.91 Å². The van der Waals surface area contributed by atoms with Gasteiger partial charge in [0.1, 0.15) is 5.76 Å². The molecule has 0 bridgehead atoms. The summed E-state index contributed by atoms with van der Waals surface area (Å²) < 4.78 is 5.55. The maximum atomic E-state index is 12.2. The van der Waals surface area contributed by atoms with Gasteiger partial charge in [-0.15, -0.1) is 0 Å². The standard InChI is InChI=1S/C20H25N3O3/c1-15-7-2-3-8-16(15)20(25)22-14-19(24)21-13-17(18-9-6-12-26-18)23-10-4-5-11-23/h2-3,6-9,12,17H,4-5,10-11,13-14H2,1H3,(H,21,24)(H,22,25). The molecule has 1 aromatic carbocycles. The minimum absolute atomic E-state index is 0.0310. The molecule has 138 valence electrons. The fourth-order valence-corrected chi connectivity index (χ4v) is 3.30. The van der Waals surface area contributed by atoms with E-state index in [1.165, 1.54) is 0 Å². The van der Waals surface area contributed by atoms with Gasteiger partial charge < -0.3 is 15.1 Å². The van der Waals surface area contributed by atoms with Crippen LogP contribution < -0.4 is 10.6 Å². The third-order valence-corrected chi connectivity index (χ3v) is 4.74. The number of carbonyl (C=O) groups is 2. The molecule has 3 rings (SSSR count). The molecule has 2 amide bonds. The van der Waals surface area contributed by atoms with Gasteiger partial charge in [-0.05, 0) is 56.6 Å². The van der Waals surface area contributed by atoms with Crippen LogP contribution in [0.4, 0.5) is 0 Å². The van der Waals surface area contributed by atoms with Crippen LogP contribution in [0.2, 0.25) is 0 Å². The van der Waals surface area contributed by atoms with Crippen molar-refractivity contribution >= 4 is 11.8 Å². The number of carbonyl (C=O) groups excluding carboxylic acids is 2. The van der Waals surface area contributed by atoms with Crippen molar-refractivity contribution in [1.82, 2.24) is 15.5 Å². The molecule has 1 saturated heterocycles. The van der Waals surface area contributed by atoms with E-state index in [4.69, 9.17) is 4.42 Å². The van der Waals surface area contributed by atoms with Crippen LogP contribution in [0.5, 0.6) is 0 Å². The monoisotopic (exact) mass is 355 g/mol. The number of furan rings is 1. The van der Waals surface area contributed by atoms with Crippen LogP contribution in [-0.4, -0.2) is 42.9 Å². The van der Waals surface area contributed by atoms with Crippen molar-refractivity contribution < 1.29 is 14.0 Å². The summed E-state index contributed by atoms with van der Waals surface area (Å²) in [6, 6.07) is 11.2. The first-order valence-electron chi connectivity index (χ1n) is 9.03. The molecule has 0 spiro atoms. The Kier molecular flexibility index (Phi) is 6.07. The molecular formula is C20H25N3O3. The number of aryl methyl sites for hydroxylation is 1. The lowest BCUT2D eigenvalue weighted by molar-refractivity contribution is -0.120. The van der Waals surface area contributed by atoms with E-state index < -0.39 is 0 Å². The molecule has 1 unspecified atom stereocenters. The Bertz CT molecular complexity index is 737. The minimum atomic E-state index is -0.236. The summed E-state index contributed by atoms with van der Waals surface area (Å²) in [5, 5.41) is 5.59. The minimum Gasteiger partial charge on any atom is -0.468 e. The van der Waals surface area contributed by atoms with Gasteiger partial charge in [0, 0.05) is 12.1 Å². The number of rotatable bonds is 7. The maximum absolute atomic E-state index is 12.2. The van der Waals surface area contributed by atoms with Crippen LogP contribution >= 0.6 is 0 Å². The second-order valence-electron chi connectivity index (χ2n) is 6.58. The summed E-state index contributed by atoms with van der Waals surface area (Å²) in [5.74, 6) is 0.416. The second-order valence-corrected chi connectivity index (χ2v) is 6.58. The molecule has 26 heavy (non-hydrogen) atoms. The predicted molar refractivity (Wildman–Crippen MR) is 98.8 cm³/mol. The van der Waals surface area contributed by atoms with Gasteiger partial charge in [0.15, 0.2) is 0 Å². The van der Waals surface area contributed by atoms with Crippen LogP contribution in [0.1, 0.15) is 40.6 Å². The number of benzene rings is 1. The topological polar surface area (TPSA) is 74.6 Å². The zero-order chi connectivity index (χ0) is 18.4. The summed E-state index contributed by atoms with van der Waals surface area (Å²) in [6.45, 7) is 4.31. The molecule has 0 aliphatic carbocycles. The van der Waals surface area contributed by atoms with Crippen LogP contribution in [0.15, 0.2) is 47.1 Å². The van der Waals surface area contributed by atoms with Crippen molar-refractivity contribution in [2.45, 2.75) is 25.8 Å². The lowest BCUT2D eigenvalue weighted by atomic mass is 10.1. The van der Waals surface area contributed by atoms with Crippen LogP contribution in [0, 0.1) is 6.92 Å². The summed E-state index contributed by atoms with van der Waals surface area (Å²) in [6.07, 6.45) is 3.98. The molecule has 2 N–H and O–H groups in total. The van der Waals surface area contributed by atoms with Gasteiger partial charge >= 0.3 is 0 Å². The molecular weight excluding hydrogens is 330 g/mol. The number of hydrogen-bond donors (Lipinski definition) is 2. The number of amides is 2. The summed E-state index contributed by atoms with van der Waals surface area (Å²) in [5.41, 5.74) is 1.48. The Morgan fingerprint density at radius 2 is 1.88 bits per heavy atom. The number of likely N-dealkylation sites (tertiary alicyclic amines) is 1. The molecule has 1 aliphatic rings. The van der Waals surface area contributed by atoms with Crippen molar-refractivity contribution in [3.05, 3.63) is 59.5 Å². The molecule has 1 atom stereocenters. The van der Waals surface area contributed by atoms with Gasteiger partial charge in [0.2, 0.25) is 5.91 Å². The summed E-state index contributed by atoms with van der Waals surface area (Å²) in [4.78, 5) is 26.7. The summed E-state index contributed by atoms with van der Waals surface area (Å²) >= 11 is 0. The van der Waals surface area contributed by atoms with Crippen molar-refractivity contribution in [3.63, 3.8) is 0 Å². The number of nitrogens with one attached hydrogen (secondary N) is 2. The molecule has 6 heteroatoms. The normalized spacial score (nSPS) is 15.6. The lowest BCUT2D eigenvalue weighted by Crippen LogP contribution is -2.41. The van der Waals surface area contributed by atoms with Crippen LogP contribution in [0.3, 0.4) is 0 Å². The van der Waals surface area contributed by atoms with Gasteiger partial charge in [-0.2, -0.15) is 0 Å². The molecule has 1 fully saturated rings. The Labute approximate surface area is 153 Å². The third-order valence-electron chi connectivity index (χ3n) is 4.74. The van der Waals surface area contributed by atoms with E-state index in [1.54, 1.807) is 12.3 Å². The largest absolute Gasteiger partial charge is 0.468 e. The van der Waals surface area contributed by atoms with Crippen molar-refractivity contribution in [1.29, 1.82) is 0 Å². The van der Waals surface area contributed by atoms with Crippen molar-refractivity contribution in [2.75, 3.05) is 26.2 Å². The van der Waals surface area contributed by atoms with Crippen LogP contribution in [0.25, 0.3) is 0 Å². The molecule has 0 radical (unpaired) electrons. The van der Waals surface area contributed by atoms with Gasteiger partial charge in [-0.3, -0.25) is 14.5 Å². The van der Waals surface area contributed by atoms with E-state index >= 15 is 0 Å². The Hall–Kier alpha value is -2.60. The average molecular weight is 355 g/mol. The first-order valence-corrected chi connectivity index (χ1v) is 9.03. The van der Waals surface area contributed by atoms with E-state index in [2.05, 4.69) is 15.5 Å². The number of nitrogens with zero attached hydrogens (tertiary/aromatic N) is 1. The lowest BCUT2D eigenvalue weighted by Gasteiger charge is -2.26. The van der Waals surface area contributed by atoms with Crippen molar-refractivity contribution in [2.24, 2.45) is 0 Å². The molecule has 2 aromatic rings. The predicted octanol–water partition coefficient (Wildman–Crippen LogP) is 2.27. The molecule has 1 aliphatic heterocycles. The average Bonchev–Trinajstić information content (AvgIpc) is 3.35. The molecule has 0 saturated carbocycles. The zero-order valence-electron chi connectivity index (χ0n) is 15.0.